The second kappa shape index (κ2) is 12.4. The molecule has 0 unspecified atom stereocenters. The topological polar surface area (TPSA) is 95.1 Å². The number of sulfonamides is 2. The highest BCUT2D eigenvalue weighted by atomic mass is 32.2. The molecule has 43 heavy (non-hydrogen) atoms. The third-order valence-corrected chi connectivity index (χ3v) is 10.9. The van der Waals surface area contributed by atoms with Crippen LogP contribution in [-0.2, 0) is 37.9 Å². The minimum Gasteiger partial charge on any atom is -0.330 e. The summed E-state index contributed by atoms with van der Waals surface area (Å²) in [5.74, 6) is -0.727. The van der Waals surface area contributed by atoms with Crippen LogP contribution in [-0.4, -0.2) is 49.3 Å². The maximum absolute atomic E-state index is 14.0. The summed E-state index contributed by atoms with van der Waals surface area (Å²) in [4.78, 5) is 15.6. The van der Waals surface area contributed by atoms with E-state index in [1.165, 1.54) is 24.3 Å². The largest absolute Gasteiger partial charge is 0.330 e. The first kappa shape index (κ1) is 30.1. The van der Waals surface area contributed by atoms with Gasteiger partial charge in [0.25, 0.3) is 26.0 Å². The number of nitrogens with zero attached hydrogens (tertiary/aromatic N) is 3. The molecule has 1 aliphatic rings. The number of benzene rings is 4. The Labute approximate surface area is 253 Å². The van der Waals surface area contributed by atoms with Gasteiger partial charge in [0.05, 0.1) is 22.9 Å². The molecule has 5 rings (SSSR count). The van der Waals surface area contributed by atoms with E-state index in [1.807, 2.05) is 74.5 Å². The molecule has 222 valence electrons. The molecule has 1 heterocycles. The van der Waals surface area contributed by atoms with Crippen molar-refractivity contribution in [3.8, 4) is 0 Å². The van der Waals surface area contributed by atoms with Crippen molar-refractivity contribution in [1.29, 1.82) is 0 Å². The van der Waals surface area contributed by atoms with Gasteiger partial charge >= 0.3 is 0 Å². The number of hydrogen-bond acceptors (Lipinski definition) is 5. The van der Waals surface area contributed by atoms with Crippen molar-refractivity contribution in [2.45, 2.75) is 36.7 Å². The summed E-state index contributed by atoms with van der Waals surface area (Å²) < 4.78 is 57.6. The Morgan fingerprint density at radius 2 is 1.00 bits per heavy atom. The lowest BCUT2D eigenvalue weighted by atomic mass is 10.1. The fourth-order valence-corrected chi connectivity index (χ4v) is 7.82. The van der Waals surface area contributed by atoms with E-state index in [1.54, 1.807) is 29.2 Å². The van der Waals surface area contributed by atoms with Gasteiger partial charge in [-0.15, -0.1) is 0 Å². The Morgan fingerprint density at radius 3 is 1.37 bits per heavy atom. The van der Waals surface area contributed by atoms with Gasteiger partial charge < -0.3 is 4.90 Å². The van der Waals surface area contributed by atoms with E-state index in [9.17, 15) is 21.6 Å². The molecule has 1 aliphatic heterocycles. The molecule has 0 spiro atoms. The number of aryl methyl sites for hydroxylation is 2. The molecule has 1 saturated heterocycles. The maximum atomic E-state index is 14.0. The van der Waals surface area contributed by atoms with Crippen LogP contribution in [0.3, 0.4) is 0 Å². The van der Waals surface area contributed by atoms with Crippen LogP contribution in [0.1, 0.15) is 22.3 Å². The predicted octanol–water partition coefficient (Wildman–Crippen LogP) is 5.07. The van der Waals surface area contributed by atoms with Gasteiger partial charge in [0.1, 0.15) is 5.82 Å². The molecular weight excluding hydrogens is 583 g/mol. The summed E-state index contributed by atoms with van der Waals surface area (Å²) in [7, 11) is -8.38. The zero-order valence-electron chi connectivity index (χ0n) is 24.0. The van der Waals surface area contributed by atoms with Crippen LogP contribution in [0.2, 0.25) is 0 Å². The minimum atomic E-state index is -4.19. The highest BCUT2D eigenvalue weighted by Gasteiger charge is 2.41. The van der Waals surface area contributed by atoms with Crippen LogP contribution in [0.5, 0.6) is 0 Å². The lowest BCUT2D eigenvalue weighted by Crippen LogP contribution is -2.35. The third-order valence-electron chi connectivity index (χ3n) is 7.23. The molecule has 1 fully saturated rings. The average molecular weight is 616 g/mol. The van der Waals surface area contributed by atoms with Gasteiger partial charge in [-0.05, 0) is 49.2 Å². The fraction of sp³-hybridized carbons (Fsp3) is 0.182. The van der Waals surface area contributed by atoms with Gasteiger partial charge in [-0.25, -0.2) is 25.4 Å². The van der Waals surface area contributed by atoms with Gasteiger partial charge in [-0.2, -0.15) is 0 Å². The van der Waals surface area contributed by atoms with E-state index < -0.39 is 26.0 Å². The Morgan fingerprint density at radius 1 is 0.628 bits per heavy atom. The molecule has 0 bridgehead atoms. The maximum Gasteiger partial charge on any atom is 0.265 e. The third kappa shape index (κ3) is 6.65. The number of carbonyl (C=O) groups excluding carboxylic acids is 1. The predicted molar refractivity (Wildman–Crippen MR) is 165 cm³/mol. The average Bonchev–Trinajstić information content (AvgIpc) is 3.43. The summed E-state index contributed by atoms with van der Waals surface area (Å²) in [6, 6.07) is 31.5. The lowest BCUT2D eigenvalue weighted by Gasteiger charge is -2.26. The number of amides is 1. The van der Waals surface area contributed by atoms with Crippen LogP contribution < -0.4 is 0 Å². The van der Waals surface area contributed by atoms with Gasteiger partial charge in [0.2, 0.25) is 0 Å². The van der Waals surface area contributed by atoms with Gasteiger partial charge in [-0.1, -0.05) is 96.1 Å². The van der Waals surface area contributed by atoms with E-state index in [0.717, 1.165) is 36.9 Å². The standard InChI is InChI=1S/C33H33N3O5S2/c1-26-13-17-30(18-14-26)42(38,39)35-21-22-36(43(40,41)31-19-15-27(2)16-20-31)32(35)23-33(37)34(24-28-9-5-3-6-10-28)25-29-11-7-4-8-12-29/h3-20,23H,21-22,24-25H2,1-2H3. The molecule has 10 heteroatoms. The molecule has 4 aromatic rings. The molecule has 0 aromatic heterocycles. The number of hydrogen-bond donors (Lipinski definition) is 0. The first-order valence-electron chi connectivity index (χ1n) is 13.8. The van der Waals surface area contributed by atoms with Crippen molar-refractivity contribution < 1.29 is 21.6 Å². The summed E-state index contributed by atoms with van der Waals surface area (Å²) in [5, 5.41) is 0. The summed E-state index contributed by atoms with van der Waals surface area (Å²) in [6.07, 6.45) is 1.14. The summed E-state index contributed by atoms with van der Waals surface area (Å²) >= 11 is 0. The zero-order valence-corrected chi connectivity index (χ0v) is 25.6. The SMILES string of the molecule is Cc1ccc(S(=O)(=O)N2CCN(S(=O)(=O)c3ccc(C)cc3)C2=CC(=O)N(Cc2ccccc2)Cc2ccccc2)cc1. The van der Waals surface area contributed by atoms with E-state index >= 15 is 0 Å². The minimum absolute atomic E-state index is 0.0106. The molecular formula is C33H33N3O5S2. The Hall–Kier alpha value is -4.41. The van der Waals surface area contributed by atoms with Crippen LogP contribution in [0.25, 0.3) is 0 Å². The lowest BCUT2D eigenvalue weighted by molar-refractivity contribution is -0.127. The molecule has 0 atom stereocenters. The molecule has 0 saturated carbocycles. The Bertz CT molecular complexity index is 1700. The van der Waals surface area contributed by atoms with Crippen molar-refractivity contribution in [3.63, 3.8) is 0 Å². The first-order chi connectivity index (χ1) is 20.6. The Balaban J connectivity index is 1.59. The first-order valence-corrected chi connectivity index (χ1v) is 16.7. The smallest absolute Gasteiger partial charge is 0.265 e. The normalized spacial score (nSPS) is 13.7. The highest BCUT2D eigenvalue weighted by Crippen LogP contribution is 2.32. The molecule has 0 N–H and O–H groups in total. The van der Waals surface area contributed by atoms with Crippen molar-refractivity contribution >= 4 is 26.0 Å². The van der Waals surface area contributed by atoms with Crippen molar-refractivity contribution in [3.05, 3.63) is 143 Å². The van der Waals surface area contributed by atoms with E-state index in [2.05, 4.69) is 0 Å². The summed E-state index contributed by atoms with van der Waals surface area (Å²) in [6.45, 7) is 3.90. The number of carbonyl (C=O) groups is 1. The van der Waals surface area contributed by atoms with Gasteiger partial charge in [-0.3, -0.25) is 4.79 Å². The second-order valence-corrected chi connectivity index (χ2v) is 14.2. The molecule has 0 radical (unpaired) electrons. The monoisotopic (exact) mass is 615 g/mol. The molecule has 4 aromatic carbocycles. The molecule has 0 aliphatic carbocycles. The van der Waals surface area contributed by atoms with Crippen molar-refractivity contribution in [2.24, 2.45) is 0 Å². The molecule has 8 nitrogen and oxygen atoms in total. The molecule has 1 amide bonds. The fourth-order valence-electron chi connectivity index (χ4n) is 4.86. The van der Waals surface area contributed by atoms with E-state index in [-0.39, 0.29) is 41.8 Å². The van der Waals surface area contributed by atoms with Crippen molar-refractivity contribution in [1.82, 2.24) is 13.5 Å². The highest BCUT2D eigenvalue weighted by molar-refractivity contribution is 7.90. The number of rotatable bonds is 9. The van der Waals surface area contributed by atoms with E-state index in [4.69, 9.17) is 0 Å². The second-order valence-electron chi connectivity index (χ2n) is 10.4. The Kier molecular flexibility index (Phi) is 8.70. The van der Waals surface area contributed by atoms with Crippen LogP contribution >= 0.6 is 0 Å². The quantitative estimate of drug-likeness (QED) is 0.245. The zero-order chi connectivity index (χ0) is 30.6. The van der Waals surface area contributed by atoms with Crippen molar-refractivity contribution in [2.75, 3.05) is 13.1 Å². The van der Waals surface area contributed by atoms with Crippen LogP contribution in [0.4, 0.5) is 0 Å². The van der Waals surface area contributed by atoms with Gasteiger partial charge in [0, 0.05) is 19.2 Å². The van der Waals surface area contributed by atoms with Crippen LogP contribution in [0, 0.1) is 13.8 Å². The van der Waals surface area contributed by atoms with Crippen LogP contribution in [0.15, 0.2) is 131 Å². The van der Waals surface area contributed by atoms with Gasteiger partial charge in [0.15, 0.2) is 0 Å². The van der Waals surface area contributed by atoms with E-state index in [0.29, 0.717) is 0 Å². The summed E-state index contributed by atoms with van der Waals surface area (Å²) in [5.41, 5.74) is 3.52.